The molecule has 0 fully saturated rings. The Morgan fingerprint density at radius 3 is 2.32 bits per heavy atom. The van der Waals surface area contributed by atoms with Crippen molar-refractivity contribution in [1.82, 2.24) is 9.55 Å². The summed E-state index contributed by atoms with van der Waals surface area (Å²) >= 11 is 0. The number of aryl methyl sites for hydroxylation is 3. The van der Waals surface area contributed by atoms with Crippen LogP contribution in [0.5, 0.6) is 0 Å². The van der Waals surface area contributed by atoms with Crippen molar-refractivity contribution >= 4 is 11.0 Å². The molecule has 0 unspecified atom stereocenters. The molecule has 0 spiro atoms. The topological polar surface area (TPSA) is 17.8 Å². The van der Waals surface area contributed by atoms with Crippen molar-refractivity contribution in [2.75, 3.05) is 0 Å². The number of hydrogen-bond acceptors (Lipinski definition) is 1. The second-order valence-electron chi connectivity index (χ2n) is 6.53. The number of rotatable bonds is 5. The fourth-order valence-corrected chi connectivity index (χ4v) is 3.31. The van der Waals surface area contributed by atoms with Crippen LogP contribution in [0.1, 0.15) is 17.5 Å². The number of benzene rings is 3. The number of nitrogens with zero attached hydrogens (tertiary/aromatic N) is 2. The van der Waals surface area contributed by atoms with E-state index in [1.165, 1.54) is 22.2 Å². The Morgan fingerprint density at radius 1 is 0.800 bits per heavy atom. The van der Waals surface area contributed by atoms with Crippen molar-refractivity contribution in [2.24, 2.45) is 0 Å². The van der Waals surface area contributed by atoms with Crippen LogP contribution in [0.15, 0.2) is 78.9 Å². The van der Waals surface area contributed by atoms with Crippen LogP contribution in [0.4, 0.5) is 0 Å². The molecule has 0 saturated heterocycles. The SMILES string of the molecule is Cc1ccc(-c2nc3ccccc3n2CCCc2ccccc2)cc1. The van der Waals surface area contributed by atoms with E-state index in [1.54, 1.807) is 0 Å². The van der Waals surface area contributed by atoms with Crippen LogP contribution in [-0.2, 0) is 13.0 Å². The molecule has 4 aromatic rings. The Bertz CT molecular complexity index is 966. The van der Waals surface area contributed by atoms with Gasteiger partial charge in [-0.2, -0.15) is 0 Å². The minimum Gasteiger partial charge on any atom is -0.324 e. The van der Waals surface area contributed by atoms with Gasteiger partial charge >= 0.3 is 0 Å². The maximum atomic E-state index is 4.90. The van der Waals surface area contributed by atoms with Crippen molar-refractivity contribution in [3.05, 3.63) is 90.0 Å². The van der Waals surface area contributed by atoms with Crippen molar-refractivity contribution in [2.45, 2.75) is 26.3 Å². The van der Waals surface area contributed by atoms with Crippen molar-refractivity contribution < 1.29 is 0 Å². The Morgan fingerprint density at radius 2 is 1.52 bits per heavy atom. The fraction of sp³-hybridized carbons (Fsp3) is 0.174. The summed E-state index contributed by atoms with van der Waals surface area (Å²) < 4.78 is 2.36. The maximum Gasteiger partial charge on any atom is 0.141 e. The Labute approximate surface area is 148 Å². The minimum absolute atomic E-state index is 0.971. The molecule has 0 saturated carbocycles. The van der Waals surface area contributed by atoms with E-state index in [9.17, 15) is 0 Å². The van der Waals surface area contributed by atoms with Gasteiger partial charge < -0.3 is 4.57 Å². The monoisotopic (exact) mass is 326 g/mol. The zero-order chi connectivity index (χ0) is 17.1. The molecule has 0 bridgehead atoms. The molecule has 0 aliphatic rings. The summed E-state index contributed by atoms with van der Waals surface area (Å²) in [5.41, 5.74) is 6.13. The molecule has 2 heteroatoms. The number of aromatic nitrogens is 2. The number of para-hydroxylation sites is 2. The van der Waals surface area contributed by atoms with Crippen LogP contribution in [0.3, 0.4) is 0 Å². The number of hydrogen-bond donors (Lipinski definition) is 0. The zero-order valence-electron chi connectivity index (χ0n) is 14.5. The third-order valence-electron chi connectivity index (χ3n) is 4.65. The van der Waals surface area contributed by atoms with Crippen molar-refractivity contribution in [3.8, 4) is 11.4 Å². The predicted octanol–water partition coefficient (Wildman–Crippen LogP) is 5.64. The van der Waals surface area contributed by atoms with Gasteiger partial charge in [0.1, 0.15) is 5.82 Å². The first kappa shape index (κ1) is 15.6. The van der Waals surface area contributed by atoms with E-state index < -0.39 is 0 Å². The van der Waals surface area contributed by atoms with E-state index >= 15 is 0 Å². The maximum absolute atomic E-state index is 4.90. The van der Waals surface area contributed by atoms with E-state index in [1.807, 2.05) is 0 Å². The van der Waals surface area contributed by atoms with Gasteiger partial charge in [0.25, 0.3) is 0 Å². The average molecular weight is 326 g/mol. The molecule has 1 aromatic heterocycles. The van der Waals surface area contributed by atoms with Gasteiger partial charge in [0.2, 0.25) is 0 Å². The molecule has 3 aromatic carbocycles. The minimum atomic E-state index is 0.971. The highest BCUT2D eigenvalue weighted by Gasteiger charge is 2.12. The molecule has 0 aliphatic carbocycles. The molecule has 2 nitrogen and oxygen atoms in total. The predicted molar refractivity (Wildman–Crippen MR) is 105 cm³/mol. The van der Waals surface area contributed by atoms with Crippen molar-refractivity contribution in [3.63, 3.8) is 0 Å². The molecule has 25 heavy (non-hydrogen) atoms. The lowest BCUT2D eigenvalue weighted by Crippen LogP contribution is -2.02. The second kappa shape index (κ2) is 6.94. The van der Waals surface area contributed by atoms with Gasteiger partial charge in [0, 0.05) is 12.1 Å². The van der Waals surface area contributed by atoms with Crippen LogP contribution in [0.2, 0.25) is 0 Å². The summed E-state index contributed by atoms with van der Waals surface area (Å²) in [5.74, 6) is 1.06. The van der Waals surface area contributed by atoms with Gasteiger partial charge in [-0.25, -0.2) is 4.98 Å². The largest absolute Gasteiger partial charge is 0.324 e. The summed E-state index contributed by atoms with van der Waals surface area (Å²) in [6.07, 6.45) is 2.18. The molecule has 0 aliphatic heterocycles. The zero-order valence-corrected chi connectivity index (χ0v) is 14.5. The van der Waals surface area contributed by atoms with Gasteiger partial charge in [-0.15, -0.1) is 0 Å². The summed E-state index contributed by atoms with van der Waals surface area (Å²) in [6.45, 7) is 3.09. The van der Waals surface area contributed by atoms with Crippen LogP contribution in [0, 0.1) is 6.92 Å². The van der Waals surface area contributed by atoms with E-state index in [0.29, 0.717) is 0 Å². The lowest BCUT2D eigenvalue weighted by atomic mass is 10.1. The van der Waals surface area contributed by atoms with Crippen LogP contribution < -0.4 is 0 Å². The standard InChI is InChI=1S/C23H22N2/c1-18-13-15-20(16-14-18)23-24-21-11-5-6-12-22(21)25(23)17-7-10-19-8-3-2-4-9-19/h2-6,8-9,11-16H,7,10,17H2,1H3. The number of fused-ring (bicyclic) bond motifs is 1. The summed E-state index contributed by atoms with van der Waals surface area (Å²) in [7, 11) is 0. The van der Waals surface area contributed by atoms with Gasteiger partial charge in [0.15, 0.2) is 0 Å². The quantitative estimate of drug-likeness (QED) is 0.464. The first-order chi connectivity index (χ1) is 12.3. The molecule has 4 rings (SSSR count). The Balaban J connectivity index is 1.66. The molecule has 0 N–H and O–H groups in total. The molecule has 0 radical (unpaired) electrons. The van der Waals surface area contributed by atoms with E-state index in [4.69, 9.17) is 4.98 Å². The van der Waals surface area contributed by atoms with Gasteiger partial charge in [0.05, 0.1) is 11.0 Å². The van der Waals surface area contributed by atoms with E-state index in [-0.39, 0.29) is 0 Å². The lowest BCUT2D eigenvalue weighted by molar-refractivity contribution is 0.663. The Kier molecular flexibility index (Phi) is 4.34. The second-order valence-corrected chi connectivity index (χ2v) is 6.53. The highest BCUT2D eigenvalue weighted by molar-refractivity contribution is 5.80. The molecule has 1 heterocycles. The molecular formula is C23H22N2. The first-order valence-electron chi connectivity index (χ1n) is 8.87. The average Bonchev–Trinajstić information content (AvgIpc) is 3.02. The third-order valence-corrected chi connectivity index (χ3v) is 4.65. The molecular weight excluding hydrogens is 304 g/mol. The summed E-state index contributed by atoms with van der Waals surface area (Å²) in [4.78, 5) is 4.90. The third kappa shape index (κ3) is 3.34. The first-order valence-corrected chi connectivity index (χ1v) is 8.87. The highest BCUT2D eigenvalue weighted by Crippen LogP contribution is 2.25. The number of imidazole rings is 1. The van der Waals surface area contributed by atoms with Crippen LogP contribution in [-0.4, -0.2) is 9.55 Å². The summed E-state index contributed by atoms with van der Waals surface area (Å²) in [5, 5.41) is 0. The van der Waals surface area contributed by atoms with Gasteiger partial charge in [-0.1, -0.05) is 72.3 Å². The molecule has 0 amide bonds. The van der Waals surface area contributed by atoms with Crippen LogP contribution >= 0.6 is 0 Å². The van der Waals surface area contributed by atoms with Crippen LogP contribution in [0.25, 0.3) is 22.4 Å². The van der Waals surface area contributed by atoms with E-state index in [0.717, 1.165) is 30.7 Å². The lowest BCUT2D eigenvalue weighted by Gasteiger charge is -2.10. The normalized spacial score (nSPS) is 11.1. The van der Waals surface area contributed by atoms with Gasteiger partial charge in [-0.3, -0.25) is 0 Å². The van der Waals surface area contributed by atoms with Crippen molar-refractivity contribution in [1.29, 1.82) is 0 Å². The fourth-order valence-electron chi connectivity index (χ4n) is 3.31. The van der Waals surface area contributed by atoms with E-state index in [2.05, 4.69) is 90.4 Å². The smallest absolute Gasteiger partial charge is 0.141 e. The molecule has 0 atom stereocenters. The highest BCUT2D eigenvalue weighted by atomic mass is 15.1. The summed E-state index contributed by atoms with van der Waals surface area (Å²) in [6, 6.07) is 27.8. The molecule has 124 valence electrons. The van der Waals surface area contributed by atoms with Gasteiger partial charge in [-0.05, 0) is 37.5 Å². The Hall–Kier alpha value is -2.87.